The molecular weight excluding hydrogens is 262 g/mol. The number of rotatable bonds is 1. The van der Waals surface area contributed by atoms with Gasteiger partial charge in [-0.15, -0.1) is 0 Å². The zero-order chi connectivity index (χ0) is 13.6. The van der Waals surface area contributed by atoms with Crippen LogP contribution in [0.25, 0.3) is 11.0 Å². The lowest BCUT2D eigenvalue weighted by atomic mass is 10.1. The Bertz CT molecular complexity index is 799. The van der Waals surface area contributed by atoms with Crippen LogP contribution >= 0.6 is 0 Å². The summed E-state index contributed by atoms with van der Waals surface area (Å²) in [6.45, 7) is 0. The second kappa shape index (κ2) is 4.07. The van der Waals surface area contributed by atoms with Gasteiger partial charge in [0.15, 0.2) is 9.84 Å². The van der Waals surface area contributed by atoms with Crippen molar-refractivity contribution in [2.45, 2.75) is 12.3 Å². The standard InChI is InChI=1S/C13H13N3O2S/c1-16-12-6-9(7-14)2-3-11(12)15-13(16)10-4-5-19(17,18)8-10/h2-3,6,10H,4-5,8H2,1H3. The van der Waals surface area contributed by atoms with E-state index >= 15 is 0 Å². The number of nitrogens with zero attached hydrogens (tertiary/aromatic N) is 3. The molecule has 0 spiro atoms. The number of sulfone groups is 1. The van der Waals surface area contributed by atoms with Gasteiger partial charge in [0.2, 0.25) is 0 Å². The van der Waals surface area contributed by atoms with Gasteiger partial charge in [-0.2, -0.15) is 5.26 Å². The second-order valence-corrected chi connectivity index (χ2v) is 7.17. The minimum atomic E-state index is -2.92. The summed E-state index contributed by atoms with van der Waals surface area (Å²) in [5.74, 6) is 1.18. The van der Waals surface area contributed by atoms with Crippen molar-refractivity contribution >= 4 is 20.9 Å². The van der Waals surface area contributed by atoms with E-state index in [0.717, 1.165) is 16.9 Å². The fraction of sp³-hybridized carbons (Fsp3) is 0.385. The molecule has 1 saturated heterocycles. The minimum absolute atomic E-state index is 0.0343. The molecule has 0 amide bonds. The van der Waals surface area contributed by atoms with Gasteiger partial charge in [-0.3, -0.25) is 0 Å². The molecule has 1 aliphatic rings. The summed E-state index contributed by atoms with van der Waals surface area (Å²) in [5.41, 5.74) is 2.26. The van der Waals surface area contributed by atoms with Crippen LogP contribution < -0.4 is 0 Å². The number of benzene rings is 1. The quantitative estimate of drug-likeness (QED) is 0.787. The SMILES string of the molecule is Cn1c(C2CCS(=O)(=O)C2)nc2ccc(C#N)cc21. The van der Waals surface area contributed by atoms with Crippen molar-refractivity contribution in [2.24, 2.45) is 7.05 Å². The summed E-state index contributed by atoms with van der Waals surface area (Å²) < 4.78 is 25.0. The minimum Gasteiger partial charge on any atom is -0.331 e. The third-order valence-corrected chi connectivity index (χ3v) is 5.41. The molecule has 3 rings (SSSR count). The molecule has 1 aromatic carbocycles. The van der Waals surface area contributed by atoms with Crippen LogP contribution in [0.15, 0.2) is 18.2 Å². The molecule has 6 heteroatoms. The predicted molar refractivity (Wildman–Crippen MR) is 71.4 cm³/mol. The lowest BCUT2D eigenvalue weighted by Gasteiger charge is -2.07. The van der Waals surface area contributed by atoms with E-state index in [1.165, 1.54) is 0 Å². The number of nitriles is 1. The average Bonchev–Trinajstić information content (AvgIpc) is 2.90. The number of aryl methyl sites for hydroxylation is 1. The average molecular weight is 275 g/mol. The molecule has 2 aromatic rings. The van der Waals surface area contributed by atoms with Crippen LogP contribution in [0, 0.1) is 11.3 Å². The first-order valence-corrected chi connectivity index (χ1v) is 7.89. The summed E-state index contributed by atoms with van der Waals surface area (Å²) >= 11 is 0. The second-order valence-electron chi connectivity index (χ2n) is 4.94. The molecule has 1 atom stereocenters. The van der Waals surface area contributed by atoms with Gasteiger partial charge in [-0.25, -0.2) is 13.4 Å². The Hall–Kier alpha value is -1.87. The Kier molecular flexibility index (Phi) is 2.61. The van der Waals surface area contributed by atoms with Crippen LogP contribution in [0.5, 0.6) is 0 Å². The molecular formula is C13H13N3O2S. The van der Waals surface area contributed by atoms with E-state index in [1.807, 2.05) is 11.6 Å². The van der Waals surface area contributed by atoms with Crippen molar-refractivity contribution < 1.29 is 8.42 Å². The van der Waals surface area contributed by atoms with E-state index < -0.39 is 9.84 Å². The normalized spacial score (nSPS) is 21.6. The summed E-state index contributed by atoms with van der Waals surface area (Å²) in [5, 5.41) is 8.92. The predicted octanol–water partition coefficient (Wildman–Crippen LogP) is 1.35. The Labute approximate surface area is 111 Å². The highest BCUT2D eigenvalue weighted by atomic mass is 32.2. The molecule has 0 bridgehead atoms. The van der Waals surface area contributed by atoms with Gasteiger partial charge < -0.3 is 4.57 Å². The van der Waals surface area contributed by atoms with Gasteiger partial charge in [-0.05, 0) is 24.6 Å². The van der Waals surface area contributed by atoms with Crippen molar-refractivity contribution in [3.63, 3.8) is 0 Å². The van der Waals surface area contributed by atoms with E-state index in [1.54, 1.807) is 18.2 Å². The van der Waals surface area contributed by atoms with Crippen molar-refractivity contribution in [3.8, 4) is 6.07 Å². The highest BCUT2D eigenvalue weighted by Gasteiger charge is 2.32. The number of fused-ring (bicyclic) bond motifs is 1. The summed E-state index contributed by atoms with van der Waals surface area (Å²) in [6, 6.07) is 7.42. The van der Waals surface area contributed by atoms with Crippen LogP contribution in [0.3, 0.4) is 0 Å². The van der Waals surface area contributed by atoms with Gasteiger partial charge in [0, 0.05) is 13.0 Å². The van der Waals surface area contributed by atoms with E-state index in [4.69, 9.17) is 5.26 Å². The van der Waals surface area contributed by atoms with Gasteiger partial charge in [-0.1, -0.05) is 0 Å². The molecule has 5 nitrogen and oxygen atoms in total. The zero-order valence-corrected chi connectivity index (χ0v) is 11.3. The molecule has 2 heterocycles. The maximum atomic E-state index is 11.6. The van der Waals surface area contributed by atoms with Crippen LogP contribution in [0.2, 0.25) is 0 Å². The number of hydrogen-bond acceptors (Lipinski definition) is 4. The smallest absolute Gasteiger partial charge is 0.151 e. The summed E-state index contributed by atoms with van der Waals surface area (Å²) in [7, 11) is -1.04. The first-order valence-electron chi connectivity index (χ1n) is 6.07. The molecule has 0 N–H and O–H groups in total. The Morgan fingerprint density at radius 2 is 2.26 bits per heavy atom. The lowest BCUT2D eigenvalue weighted by molar-refractivity contribution is 0.600. The Morgan fingerprint density at radius 1 is 1.47 bits per heavy atom. The molecule has 98 valence electrons. The maximum absolute atomic E-state index is 11.6. The van der Waals surface area contributed by atoms with Gasteiger partial charge in [0.25, 0.3) is 0 Å². The maximum Gasteiger partial charge on any atom is 0.151 e. The molecule has 1 unspecified atom stereocenters. The molecule has 0 radical (unpaired) electrons. The molecule has 19 heavy (non-hydrogen) atoms. The fourth-order valence-electron chi connectivity index (χ4n) is 2.64. The Morgan fingerprint density at radius 3 is 2.89 bits per heavy atom. The third-order valence-electron chi connectivity index (χ3n) is 3.64. The summed E-state index contributed by atoms with van der Waals surface area (Å²) in [6.07, 6.45) is 0.630. The zero-order valence-electron chi connectivity index (χ0n) is 10.5. The molecule has 0 aliphatic carbocycles. The van der Waals surface area contributed by atoms with Crippen molar-refractivity contribution in [1.82, 2.24) is 9.55 Å². The Balaban J connectivity index is 2.11. The number of hydrogen-bond donors (Lipinski definition) is 0. The van der Waals surface area contributed by atoms with E-state index in [-0.39, 0.29) is 17.4 Å². The van der Waals surface area contributed by atoms with Crippen LogP contribution in [0.1, 0.15) is 23.7 Å². The third kappa shape index (κ3) is 2.00. The van der Waals surface area contributed by atoms with Crippen molar-refractivity contribution in [3.05, 3.63) is 29.6 Å². The van der Waals surface area contributed by atoms with Crippen LogP contribution in [0.4, 0.5) is 0 Å². The van der Waals surface area contributed by atoms with Gasteiger partial charge >= 0.3 is 0 Å². The highest BCUT2D eigenvalue weighted by Crippen LogP contribution is 2.30. The number of aromatic nitrogens is 2. The van der Waals surface area contributed by atoms with E-state index in [2.05, 4.69) is 11.1 Å². The summed E-state index contributed by atoms with van der Waals surface area (Å²) in [4.78, 5) is 4.52. The first-order chi connectivity index (χ1) is 9.00. The molecule has 1 aliphatic heterocycles. The number of imidazole rings is 1. The molecule has 1 aromatic heterocycles. The monoisotopic (exact) mass is 275 g/mol. The highest BCUT2D eigenvalue weighted by molar-refractivity contribution is 7.91. The molecule has 1 fully saturated rings. The van der Waals surface area contributed by atoms with Gasteiger partial charge in [0.05, 0.1) is 34.2 Å². The van der Waals surface area contributed by atoms with Crippen molar-refractivity contribution in [2.75, 3.05) is 11.5 Å². The lowest BCUT2D eigenvalue weighted by Crippen LogP contribution is -2.08. The van der Waals surface area contributed by atoms with Crippen molar-refractivity contribution in [1.29, 1.82) is 5.26 Å². The molecule has 0 saturated carbocycles. The van der Waals surface area contributed by atoms with E-state index in [0.29, 0.717) is 12.0 Å². The largest absolute Gasteiger partial charge is 0.331 e. The first kappa shape index (κ1) is 12.2. The topological polar surface area (TPSA) is 75.8 Å². The van der Waals surface area contributed by atoms with E-state index in [9.17, 15) is 8.42 Å². The van der Waals surface area contributed by atoms with Crippen LogP contribution in [-0.4, -0.2) is 29.5 Å². The van der Waals surface area contributed by atoms with Crippen LogP contribution in [-0.2, 0) is 16.9 Å². The fourth-order valence-corrected chi connectivity index (χ4v) is 4.38. The van der Waals surface area contributed by atoms with Gasteiger partial charge in [0.1, 0.15) is 5.82 Å².